The SMILES string of the molecule is CCCCC1(CCCC)CC(C)C2CCCCC2N1CCBr. The molecule has 2 heteroatoms. The van der Waals surface area contributed by atoms with Crippen LogP contribution < -0.4 is 0 Å². The summed E-state index contributed by atoms with van der Waals surface area (Å²) in [5, 5.41) is 1.14. The molecule has 1 aliphatic carbocycles. The summed E-state index contributed by atoms with van der Waals surface area (Å²) in [6.45, 7) is 8.55. The number of hydrogen-bond donors (Lipinski definition) is 0. The molecule has 3 unspecified atom stereocenters. The van der Waals surface area contributed by atoms with E-state index in [1.54, 1.807) is 0 Å². The van der Waals surface area contributed by atoms with E-state index >= 15 is 0 Å². The van der Waals surface area contributed by atoms with Crippen molar-refractivity contribution in [2.45, 2.75) is 103 Å². The van der Waals surface area contributed by atoms with Gasteiger partial charge in [-0.05, 0) is 43.9 Å². The van der Waals surface area contributed by atoms with Crippen molar-refractivity contribution in [3.63, 3.8) is 0 Å². The monoisotopic (exact) mass is 371 g/mol. The lowest BCUT2D eigenvalue weighted by atomic mass is 9.64. The number of likely N-dealkylation sites (tertiary alicyclic amines) is 1. The molecule has 1 saturated heterocycles. The summed E-state index contributed by atoms with van der Waals surface area (Å²) in [4.78, 5) is 3.01. The predicted molar refractivity (Wildman–Crippen MR) is 102 cm³/mol. The van der Waals surface area contributed by atoms with E-state index in [1.165, 1.54) is 77.2 Å². The van der Waals surface area contributed by atoms with Gasteiger partial charge >= 0.3 is 0 Å². The van der Waals surface area contributed by atoms with Crippen LogP contribution in [0.5, 0.6) is 0 Å². The molecule has 2 aliphatic rings. The molecule has 0 radical (unpaired) electrons. The molecule has 0 N–H and O–H groups in total. The molecular weight excluding hydrogens is 334 g/mol. The van der Waals surface area contributed by atoms with Crippen molar-refractivity contribution in [1.82, 2.24) is 4.90 Å². The highest BCUT2D eigenvalue weighted by Gasteiger charge is 2.49. The molecule has 0 bridgehead atoms. The van der Waals surface area contributed by atoms with Crippen LogP contribution in [-0.4, -0.2) is 28.4 Å². The average Bonchev–Trinajstić information content (AvgIpc) is 2.54. The maximum Gasteiger partial charge on any atom is 0.0215 e. The van der Waals surface area contributed by atoms with Gasteiger partial charge in [-0.3, -0.25) is 4.90 Å². The highest BCUT2D eigenvalue weighted by atomic mass is 79.9. The first-order valence-corrected chi connectivity index (χ1v) is 11.1. The quantitative estimate of drug-likeness (QED) is 0.446. The van der Waals surface area contributed by atoms with E-state index in [4.69, 9.17) is 0 Å². The van der Waals surface area contributed by atoms with Crippen molar-refractivity contribution < 1.29 is 0 Å². The number of unbranched alkanes of at least 4 members (excludes halogenated alkanes) is 2. The van der Waals surface area contributed by atoms with E-state index in [2.05, 4.69) is 41.6 Å². The molecule has 1 aliphatic heterocycles. The zero-order valence-corrected chi connectivity index (χ0v) is 16.8. The topological polar surface area (TPSA) is 3.24 Å². The minimum absolute atomic E-state index is 0.512. The molecule has 2 rings (SSSR count). The van der Waals surface area contributed by atoms with Crippen LogP contribution in [0.15, 0.2) is 0 Å². The Balaban J connectivity index is 2.25. The third-order valence-corrected chi connectivity index (χ3v) is 6.90. The van der Waals surface area contributed by atoms with Crippen LogP contribution in [0.3, 0.4) is 0 Å². The minimum atomic E-state index is 0.512. The molecule has 3 atom stereocenters. The van der Waals surface area contributed by atoms with Crippen LogP contribution in [0, 0.1) is 11.8 Å². The molecule has 1 heterocycles. The van der Waals surface area contributed by atoms with E-state index < -0.39 is 0 Å². The fourth-order valence-electron chi connectivity index (χ4n) is 5.53. The normalized spacial score (nSPS) is 31.9. The molecule has 0 amide bonds. The molecule has 130 valence electrons. The Labute approximate surface area is 147 Å². The summed E-state index contributed by atoms with van der Waals surface area (Å²) in [6, 6.07) is 0.878. The Kier molecular flexibility index (Phi) is 7.73. The maximum absolute atomic E-state index is 3.76. The van der Waals surface area contributed by atoms with Gasteiger partial charge in [-0.25, -0.2) is 0 Å². The number of fused-ring (bicyclic) bond motifs is 1. The van der Waals surface area contributed by atoms with Gasteiger partial charge in [0.05, 0.1) is 0 Å². The van der Waals surface area contributed by atoms with Gasteiger partial charge in [0.25, 0.3) is 0 Å². The van der Waals surface area contributed by atoms with E-state index in [-0.39, 0.29) is 0 Å². The zero-order valence-electron chi connectivity index (χ0n) is 15.2. The number of alkyl halides is 1. The summed E-state index contributed by atoms with van der Waals surface area (Å²) in [5.41, 5.74) is 0.512. The summed E-state index contributed by atoms with van der Waals surface area (Å²) in [5.74, 6) is 1.91. The van der Waals surface area contributed by atoms with Crippen LogP contribution in [0.4, 0.5) is 0 Å². The molecule has 0 spiro atoms. The van der Waals surface area contributed by atoms with E-state index in [0.29, 0.717) is 5.54 Å². The highest BCUT2D eigenvalue weighted by Crippen LogP contribution is 2.49. The van der Waals surface area contributed by atoms with Gasteiger partial charge in [0.15, 0.2) is 0 Å². The first kappa shape index (κ1) is 18.8. The summed E-state index contributed by atoms with van der Waals surface area (Å²) >= 11 is 3.76. The lowest BCUT2D eigenvalue weighted by Gasteiger charge is -2.58. The lowest BCUT2D eigenvalue weighted by molar-refractivity contribution is -0.0812. The Morgan fingerprint density at radius 1 is 1.05 bits per heavy atom. The number of piperidine rings is 1. The Morgan fingerprint density at radius 2 is 1.68 bits per heavy atom. The second kappa shape index (κ2) is 9.06. The van der Waals surface area contributed by atoms with Gasteiger partial charge in [0.2, 0.25) is 0 Å². The third kappa shape index (κ3) is 4.09. The molecule has 1 nitrogen and oxygen atoms in total. The average molecular weight is 372 g/mol. The second-order valence-corrected chi connectivity index (χ2v) is 8.80. The van der Waals surface area contributed by atoms with E-state index in [0.717, 1.165) is 23.2 Å². The largest absolute Gasteiger partial charge is 0.294 e. The van der Waals surface area contributed by atoms with Crippen molar-refractivity contribution in [1.29, 1.82) is 0 Å². The summed E-state index contributed by atoms with van der Waals surface area (Å²) < 4.78 is 0. The first-order chi connectivity index (χ1) is 10.7. The summed E-state index contributed by atoms with van der Waals surface area (Å²) in [6.07, 6.45) is 15.7. The zero-order chi connectivity index (χ0) is 16.0. The second-order valence-electron chi connectivity index (χ2n) is 8.01. The van der Waals surface area contributed by atoms with Gasteiger partial charge < -0.3 is 0 Å². The smallest absolute Gasteiger partial charge is 0.0215 e. The van der Waals surface area contributed by atoms with Gasteiger partial charge in [-0.15, -0.1) is 0 Å². The molecular formula is C20H38BrN. The molecule has 1 saturated carbocycles. The van der Waals surface area contributed by atoms with Crippen LogP contribution >= 0.6 is 15.9 Å². The number of halogens is 1. The number of nitrogens with zero attached hydrogens (tertiary/aromatic N) is 1. The number of rotatable bonds is 8. The van der Waals surface area contributed by atoms with Gasteiger partial charge in [-0.2, -0.15) is 0 Å². The fraction of sp³-hybridized carbons (Fsp3) is 1.00. The van der Waals surface area contributed by atoms with Crippen LogP contribution in [-0.2, 0) is 0 Å². The van der Waals surface area contributed by atoms with Crippen molar-refractivity contribution >= 4 is 15.9 Å². The van der Waals surface area contributed by atoms with Crippen LogP contribution in [0.25, 0.3) is 0 Å². The third-order valence-electron chi connectivity index (χ3n) is 6.54. The van der Waals surface area contributed by atoms with Crippen molar-refractivity contribution in [2.75, 3.05) is 11.9 Å². The summed E-state index contributed by atoms with van der Waals surface area (Å²) in [7, 11) is 0. The lowest BCUT2D eigenvalue weighted by Crippen LogP contribution is -2.62. The van der Waals surface area contributed by atoms with Crippen LogP contribution in [0.2, 0.25) is 0 Å². The van der Waals surface area contributed by atoms with Crippen molar-refractivity contribution in [2.24, 2.45) is 11.8 Å². The molecule has 0 aromatic heterocycles. The molecule has 2 fully saturated rings. The molecule has 0 aromatic carbocycles. The Morgan fingerprint density at radius 3 is 2.27 bits per heavy atom. The minimum Gasteiger partial charge on any atom is -0.294 e. The Bertz CT molecular complexity index is 309. The highest BCUT2D eigenvalue weighted by molar-refractivity contribution is 9.09. The van der Waals surface area contributed by atoms with Crippen molar-refractivity contribution in [3.05, 3.63) is 0 Å². The first-order valence-electron chi connectivity index (χ1n) is 10.0. The maximum atomic E-state index is 3.76. The van der Waals surface area contributed by atoms with E-state index in [1.807, 2.05) is 0 Å². The molecule has 22 heavy (non-hydrogen) atoms. The fourth-order valence-corrected chi connectivity index (χ4v) is 5.91. The number of hydrogen-bond acceptors (Lipinski definition) is 1. The van der Waals surface area contributed by atoms with Gasteiger partial charge in [-0.1, -0.05) is 75.2 Å². The Hall–Kier alpha value is 0.440. The van der Waals surface area contributed by atoms with Crippen LogP contribution in [0.1, 0.15) is 91.4 Å². The van der Waals surface area contributed by atoms with Crippen molar-refractivity contribution in [3.8, 4) is 0 Å². The standard InChI is InChI=1S/C20H38BrN/c1-4-6-12-20(13-7-5-2)16-17(3)18-10-8-9-11-19(18)22(20)15-14-21/h17-19H,4-16H2,1-3H3. The molecule has 0 aromatic rings. The predicted octanol–water partition coefficient (Wildman–Crippen LogP) is 6.40. The van der Waals surface area contributed by atoms with E-state index in [9.17, 15) is 0 Å². The van der Waals surface area contributed by atoms with Gasteiger partial charge in [0.1, 0.15) is 0 Å². The van der Waals surface area contributed by atoms with Gasteiger partial charge in [0, 0.05) is 23.5 Å².